The Balaban J connectivity index is 2.53. The largest absolute Gasteiger partial charge is 0.373 e. The second kappa shape index (κ2) is 4.84. The molecule has 0 bridgehead atoms. The maximum Gasteiger partial charge on any atom is 0.0364 e. The lowest BCUT2D eigenvalue weighted by Crippen LogP contribution is -2.40. The van der Waals surface area contributed by atoms with Gasteiger partial charge in [0.15, 0.2) is 0 Å². The van der Waals surface area contributed by atoms with Crippen LogP contribution in [0.4, 0.5) is 5.69 Å². The van der Waals surface area contributed by atoms with Gasteiger partial charge < -0.3 is 16.4 Å². The molecule has 1 atom stereocenters. The zero-order valence-electron chi connectivity index (χ0n) is 7.98. The topological polar surface area (TPSA) is 55.3 Å². The molecule has 3 heteroatoms. The van der Waals surface area contributed by atoms with E-state index in [2.05, 4.69) is 17.0 Å². The van der Waals surface area contributed by atoms with Crippen LogP contribution >= 0.6 is 0 Å². The van der Waals surface area contributed by atoms with Gasteiger partial charge >= 0.3 is 0 Å². The molecule has 0 radical (unpaired) electrons. The van der Waals surface area contributed by atoms with Crippen molar-refractivity contribution < 1.29 is 0 Å². The summed E-state index contributed by atoms with van der Waals surface area (Å²) in [6, 6.07) is 10.2. The molecular weight excluding hydrogens is 162 g/mol. The fourth-order valence-electron chi connectivity index (χ4n) is 1.21. The van der Waals surface area contributed by atoms with Crippen LogP contribution in [0.1, 0.15) is 0 Å². The Kier molecular flexibility index (Phi) is 3.73. The predicted octanol–water partition coefficient (Wildman–Crippen LogP) is 0.409. The zero-order valence-corrected chi connectivity index (χ0v) is 7.98. The number of rotatable bonds is 4. The van der Waals surface area contributed by atoms with Crippen LogP contribution in [0, 0.1) is 0 Å². The first-order chi connectivity index (χ1) is 6.24. The van der Waals surface area contributed by atoms with Crippen molar-refractivity contribution in [1.29, 1.82) is 0 Å². The summed E-state index contributed by atoms with van der Waals surface area (Å²) in [7, 11) is 2.02. The highest BCUT2D eigenvalue weighted by molar-refractivity contribution is 5.45. The first-order valence-electron chi connectivity index (χ1n) is 4.46. The Hall–Kier alpha value is -1.06. The van der Waals surface area contributed by atoms with E-state index in [0.29, 0.717) is 6.54 Å². The summed E-state index contributed by atoms with van der Waals surface area (Å²) in [6.45, 7) is 1.32. The number of likely N-dealkylation sites (N-methyl/N-ethyl adjacent to an activating group) is 1. The molecule has 3 nitrogen and oxygen atoms in total. The number of benzene rings is 1. The molecule has 0 spiro atoms. The van der Waals surface area contributed by atoms with E-state index in [1.165, 1.54) is 5.69 Å². The van der Waals surface area contributed by atoms with Gasteiger partial charge in [-0.15, -0.1) is 0 Å². The van der Waals surface area contributed by atoms with Crippen molar-refractivity contribution in [3.05, 3.63) is 30.3 Å². The maximum atomic E-state index is 5.74. The third-order valence-corrected chi connectivity index (χ3v) is 2.01. The molecule has 1 aromatic carbocycles. The molecule has 1 unspecified atom stereocenters. The Morgan fingerprint density at radius 2 is 1.92 bits per heavy atom. The van der Waals surface area contributed by atoms with Crippen molar-refractivity contribution in [2.24, 2.45) is 11.5 Å². The highest BCUT2D eigenvalue weighted by atomic mass is 15.1. The van der Waals surface area contributed by atoms with E-state index < -0.39 is 0 Å². The van der Waals surface area contributed by atoms with Gasteiger partial charge in [-0.05, 0) is 12.1 Å². The molecule has 0 heterocycles. The van der Waals surface area contributed by atoms with Gasteiger partial charge in [-0.1, -0.05) is 18.2 Å². The van der Waals surface area contributed by atoms with Gasteiger partial charge in [-0.3, -0.25) is 0 Å². The summed E-state index contributed by atoms with van der Waals surface area (Å²) >= 11 is 0. The molecule has 4 N–H and O–H groups in total. The molecule has 0 saturated carbocycles. The Morgan fingerprint density at radius 1 is 1.31 bits per heavy atom. The zero-order chi connectivity index (χ0) is 9.68. The van der Waals surface area contributed by atoms with Gasteiger partial charge in [0.05, 0.1) is 0 Å². The molecule has 0 aliphatic rings. The van der Waals surface area contributed by atoms with E-state index in [4.69, 9.17) is 11.5 Å². The average molecular weight is 179 g/mol. The van der Waals surface area contributed by atoms with Gasteiger partial charge in [0.2, 0.25) is 0 Å². The number of nitrogens with two attached hydrogens (primary N) is 2. The van der Waals surface area contributed by atoms with Crippen molar-refractivity contribution in [1.82, 2.24) is 0 Å². The minimum absolute atomic E-state index is 0.0465. The summed E-state index contributed by atoms with van der Waals surface area (Å²) < 4.78 is 0. The lowest BCUT2D eigenvalue weighted by Gasteiger charge is -2.22. The van der Waals surface area contributed by atoms with E-state index >= 15 is 0 Å². The van der Waals surface area contributed by atoms with E-state index in [1.54, 1.807) is 0 Å². The smallest absolute Gasteiger partial charge is 0.0364 e. The lowest BCUT2D eigenvalue weighted by molar-refractivity contribution is 0.668. The molecule has 72 valence electrons. The SMILES string of the molecule is CN(CC(N)CN)c1ccccc1. The summed E-state index contributed by atoms with van der Waals surface area (Å²) in [5, 5.41) is 0. The molecule has 0 fully saturated rings. The van der Waals surface area contributed by atoms with Crippen LogP contribution in [0.2, 0.25) is 0 Å². The second-order valence-corrected chi connectivity index (χ2v) is 3.21. The average Bonchev–Trinajstić information content (AvgIpc) is 2.19. The van der Waals surface area contributed by atoms with E-state index in [0.717, 1.165) is 6.54 Å². The van der Waals surface area contributed by atoms with Crippen LogP contribution in [0.15, 0.2) is 30.3 Å². The first kappa shape index (κ1) is 10.0. The molecule has 0 aliphatic heterocycles. The van der Waals surface area contributed by atoms with Crippen molar-refractivity contribution in [2.75, 3.05) is 25.0 Å². The quantitative estimate of drug-likeness (QED) is 0.704. The molecular formula is C10H17N3. The lowest BCUT2D eigenvalue weighted by atomic mass is 10.2. The normalized spacial score (nSPS) is 12.5. The van der Waals surface area contributed by atoms with Gasteiger partial charge in [0.1, 0.15) is 0 Å². The Bertz CT molecular complexity index is 235. The minimum Gasteiger partial charge on any atom is -0.373 e. The van der Waals surface area contributed by atoms with Gasteiger partial charge in [0.25, 0.3) is 0 Å². The molecule has 1 rings (SSSR count). The summed E-state index contributed by atoms with van der Waals surface area (Å²) in [6.07, 6.45) is 0. The van der Waals surface area contributed by atoms with Crippen molar-refractivity contribution in [2.45, 2.75) is 6.04 Å². The number of hydrogen-bond donors (Lipinski definition) is 2. The molecule has 13 heavy (non-hydrogen) atoms. The summed E-state index contributed by atoms with van der Waals surface area (Å²) in [5.74, 6) is 0. The molecule has 0 amide bonds. The molecule has 0 saturated heterocycles. The second-order valence-electron chi connectivity index (χ2n) is 3.21. The first-order valence-corrected chi connectivity index (χ1v) is 4.46. The van der Waals surface area contributed by atoms with Crippen LogP contribution in [0.25, 0.3) is 0 Å². The van der Waals surface area contributed by atoms with E-state index in [1.807, 2.05) is 25.2 Å². The summed E-state index contributed by atoms with van der Waals surface area (Å²) in [4.78, 5) is 2.11. The fourth-order valence-corrected chi connectivity index (χ4v) is 1.21. The van der Waals surface area contributed by atoms with Crippen LogP contribution in [-0.2, 0) is 0 Å². The van der Waals surface area contributed by atoms with Gasteiger partial charge in [0, 0.05) is 31.9 Å². The Morgan fingerprint density at radius 3 is 2.46 bits per heavy atom. The van der Waals surface area contributed by atoms with Crippen molar-refractivity contribution in [3.63, 3.8) is 0 Å². The van der Waals surface area contributed by atoms with Crippen LogP contribution in [0.3, 0.4) is 0 Å². The molecule has 0 aliphatic carbocycles. The van der Waals surface area contributed by atoms with Gasteiger partial charge in [-0.25, -0.2) is 0 Å². The van der Waals surface area contributed by atoms with Crippen LogP contribution in [0.5, 0.6) is 0 Å². The standard InChI is InChI=1S/C10H17N3/c1-13(8-9(12)7-11)10-5-3-2-4-6-10/h2-6,9H,7-8,11-12H2,1H3. The third kappa shape index (κ3) is 3.05. The maximum absolute atomic E-state index is 5.74. The Labute approximate surface area is 79.3 Å². The molecule has 0 aromatic heterocycles. The number of anilines is 1. The highest BCUT2D eigenvalue weighted by Gasteiger charge is 2.04. The summed E-state index contributed by atoms with van der Waals surface area (Å²) in [5.41, 5.74) is 12.4. The van der Waals surface area contributed by atoms with Crippen LogP contribution < -0.4 is 16.4 Å². The third-order valence-electron chi connectivity index (χ3n) is 2.01. The van der Waals surface area contributed by atoms with Crippen molar-refractivity contribution in [3.8, 4) is 0 Å². The fraction of sp³-hybridized carbons (Fsp3) is 0.400. The van der Waals surface area contributed by atoms with Gasteiger partial charge in [-0.2, -0.15) is 0 Å². The highest BCUT2D eigenvalue weighted by Crippen LogP contribution is 2.10. The number of hydrogen-bond acceptors (Lipinski definition) is 3. The van der Waals surface area contributed by atoms with Crippen molar-refractivity contribution >= 4 is 5.69 Å². The predicted molar refractivity (Wildman–Crippen MR) is 56.7 cm³/mol. The molecule has 1 aromatic rings. The van der Waals surface area contributed by atoms with E-state index in [-0.39, 0.29) is 6.04 Å². The minimum atomic E-state index is 0.0465. The number of para-hydroxylation sites is 1. The van der Waals surface area contributed by atoms with E-state index in [9.17, 15) is 0 Å². The van der Waals surface area contributed by atoms with Crippen LogP contribution in [-0.4, -0.2) is 26.2 Å². The number of nitrogens with zero attached hydrogens (tertiary/aromatic N) is 1. The monoisotopic (exact) mass is 179 g/mol.